The molecule has 0 aliphatic heterocycles. The van der Waals surface area contributed by atoms with Crippen LogP contribution in [0.5, 0.6) is 0 Å². The molecule has 0 amide bonds. The Morgan fingerprint density at radius 3 is 1.63 bits per heavy atom. The van der Waals surface area contributed by atoms with Crippen molar-refractivity contribution in [1.29, 1.82) is 0 Å². The topological polar surface area (TPSA) is 99.1 Å². The summed E-state index contributed by atoms with van der Waals surface area (Å²) in [6.07, 6.45) is 23.9. The van der Waals surface area contributed by atoms with Gasteiger partial charge in [-0.2, -0.15) is 0 Å². The van der Waals surface area contributed by atoms with Gasteiger partial charge in [-0.1, -0.05) is 90.9 Å². The lowest BCUT2D eigenvalue weighted by Gasteiger charge is -2.15. The zero-order chi connectivity index (χ0) is 35.7. The highest BCUT2D eigenvalue weighted by Gasteiger charge is 2.16. The van der Waals surface area contributed by atoms with Gasteiger partial charge in [0, 0.05) is 38.5 Å². The zero-order valence-corrected chi connectivity index (χ0v) is 31.9. The van der Waals surface area contributed by atoms with E-state index in [4.69, 9.17) is 18.3 Å². The summed E-state index contributed by atoms with van der Waals surface area (Å²) in [6, 6.07) is 2.19. The Bertz CT molecular complexity index is 1160. The average Bonchev–Trinajstić information content (AvgIpc) is 3.57. The highest BCUT2D eigenvalue weighted by molar-refractivity contribution is 5.70. The van der Waals surface area contributed by atoms with Crippen LogP contribution in [0.3, 0.4) is 0 Å². The molecule has 0 bridgehead atoms. The van der Waals surface area contributed by atoms with Gasteiger partial charge in [0.2, 0.25) is 0 Å². The Labute approximate surface area is 298 Å². The number of rotatable bonds is 30. The van der Waals surface area contributed by atoms with E-state index >= 15 is 0 Å². The van der Waals surface area contributed by atoms with Gasteiger partial charge >= 0.3 is 11.9 Å². The molecule has 0 aliphatic carbocycles. The summed E-state index contributed by atoms with van der Waals surface area (Å²) in [4.78, 5) is 24.4. The maximum Gasteiger partial charge on any atom is 0.306 e. The van der Waals surface area contributed by atoms with Gasteiger partial charge < -0.3 is 23.4 Å². The van der Waals surface area contributed by atoms with Crippen molar-refractivity contribution in [2.45, 2.75) is 195 Å². The van der Waals surface area contributed by atoms with Crippen LogP contribution in [0.2, 0.25) is 0 Å². The Balaban J connectivity index is 1.41. The number of hydrogen-bond donors (Lipinski definition) is 1. The molecule has 0 aromatic carbocycles. The Kier molecular flexibility index (Phi) is 22.9. The van der Waals surface area contributed by atoms with Crippen LogP contribution in [0, 0.1) is 20.8 Å². The summed E-state index contributed by atoms with van der Waals surface area (Å²) in [6.45, 7) is 10.5. The number of aliphatic hydroxyl groups is 1. The highest BCUT2D eigenvalue weighted by Crippen LogP contribution is 2.25. The van der Waals surface area contributed by atoms with Crippen molar-refractivity contribution >= 4 is 11.9 Å². The predicted molar refractivity (Wildman–Crippen MR) is 198 cm³/mol. The molecule has 1 N–H and O–H groups in total. The van der Waals surface area contributed by atoms with Gasteiger partial charge in [0.15, 0.2) is 6.10 Å². The number of ether oxygens (including phenoxy) is 2. The second kappa shape index (κ2) is 26.3. The van der Waals surface area contributed by atoms with Crippen LogP contribution in [0.1, 0.15) is 182 Å². The minimum absolute atomic E-state index is 0.0908. The summed E-state index contributed by atoms with van der Waals surface area (Å²) < 4.78 is 22.8. The summed E-state index contributed by atoms with van der Waals surface area (Å²) in [7, 11) is 0. The maximum atomic E-state index is 12.2. The first kappa shape index (κ1) is 42.6. The monoisotopic (exact) mass is 687 g/mol. The minimum atomic E-state index is -0.798. The van der Waals surface area contributed by atoms with Gasteiger partial charge in [0.05, 0.1) is 6.61 Å². The van der Waals surface area contributed by atoms with Crippen LogP contribution < -0.4 is 0 Å². The molecule has 0 saturated heterocycles. The van der Waals surface area contributed by atoms with Crippen molar-refractivity contribution in [3.63, 3.8) is 0 Å². The molecule has 0 aliphatic rings. The van der Waals surface area contributed by atoms with Crippen LogP contribution in [0.25, 0.3) is 0 Å². The normalized spacial score (nSPS) is 12.0. The fraction of sp³-hybridized carbons (Fsp3) is 0.762. The smallest absolute Gasteiger partial charge is 0.306 e. The molecule has 2 heterocycles. The van der Waals surface area contributed by atoms with E-state index in [-0.39, 0.29) is 25.2 Å². The van der Waals surface area contributed by atoms with Crippen molar-refractivity contribution in [3.05, 3.63) is 45.8 Å². The first-order valence-electron chi connectivity index (χ1n) is 19.9. The van der Waals surface area contributed by atoms with Crippen molar-refractivity contribution in [3.8, 4) is 0 Å². The van der Waals surface area contributed by atoms with Crippen LogP contribution >= 0.6 is 0 Å². The van der Waals surface area contributed by atoms with Crippen molar-refractivity contribution in [1.82, 2.24) is 0 Å². The van der Waals surface area contributed by atoms with E-state index in [1.807, 2.05) is 0 Å². The first-order valence-corrected chi connectivity index (χ1v) is 19.9. The lowest BCUT2D eigenvalue weighted by Crippen LogP contribution is -2.28. The van der Waals surface area contributed by atoms with Gasteiger partial charge in [0.1, 0.15) is 29.6 Å². The van der Waals surface area contributed by atoms with Gasteiger partial charge in [-0.15, -0.1) is 0 Å². The molecule has 7 nitrogen and oxygen atoms in total. The molecule has 0 radical (unpaired) electrons. The average molecular weight is 687 g/mol. The Morgan fingerprint density at radius 2 is 1.10 bits per heavy atom. The summed E-state index contributed by atoms with van der Waals surface area (Å²) in [5, 5.41) is 9.60. The molecule has 49 heavy (non-hydrogen) atoms. The number of hydrogen-bond acceptors (Lipinski definition) is 7. The van der Waals surface area contributed by atoms with Crippen LogP contribution in [0.4, 0.5) is 0 Å². The number of aryl methyl sites for hydroxylation is 5. The van der Waals surface area contributed by atoms with E-state index in [1.165, 1.54) is 73.8 Å². The molecular weight excluding hydrogens is 616 g/mol. The third-order valence-corrected chi connectivity index (χ3v) is 9.72. The predicted octanol–water partition coefficient (Wildman–Crippen LogP) is 11.0. The molecule has 0 saturated carbocycles. The number of carbonyl (C=O) groups excluding carboxylic acids is 2. The Morgan fingerprint density at radius 1 is 0.612 bits per heavy atom. The number of carbonyl (C=O) groups is 2. The minimum Gasteiger partial charge on any atom is -0.466 e. The van der Waals surface area contributed by atoms with E-state index < -0.39 is 6.10 Å². The fourth-order valence-corrected chi connectivity index (χ4v) is 6.45. The van der Waals surface area contributed by atoms with Gasteiger partial charge in [-0.05, 0) is 82.1 Å². The SMILES string of the molecule is CCCCCc1oc(CCCCCCCCC(=O)OC[C@H](CO)OC(=O)CCCCCCCCCCc2oc(CCC)cc2C)c(C)c1C. The first-order chi connectivity index (χ1) is 23.8. The third-order valence-electron chi connectivity index (χ3n) is 9.72. The van der Waals surface area contributed by atoms with E-state index in [0.717, 1.165) is 107 Å². The molecule has 2 aromatic rings. The summed E-state index contributed by atoms with van der Waals surface area (Å²) in [5.41, 5.74) is 3.94. The van der Waals surface area contributed by atoms with Gasteiger partial charge in [0.25, 0.3) is 0 Å². The van der Waals surface area contributed by atoms with Gasteiger partial charge in [-0.25, -0.2) is 0 Å². The molecule has 2 rings (SSSR count). The van der Waals surface area contributed by atoms with E-state index in [2.05, 4.69) is 40.7 Å². The number of unbranched alkanes of at least 4 members (excludes halogenated alkanes) is 14. The lowest BCUT2D eigenvalue weighted by molar-refractivity contribution is -0.161. The van der Waals surface area contributed by atoms with E-state index in [9.17, 15) is 14.7 Å². The van der Waals surface area contributed by atoms with Crippen molar-refractivity contribution in [2.24, 2.45) is 0 Å². The molecule has 0 unspecified atom stereocenters. The number of aliphatic hydroxyl groups excluding tert-OH is 1. The molecule has 280 valence electrons. The van der Waals surface area contributed by atoms with E-state index in [0.29, 0.717) is 12.8 Å². The van der Waals surface area contributed by atoms with Crippen molar-refractivity contribution < 1.29 is 33.0 Å². The van der Waals surface area contributed by atoms with Crippen molar-refractivity contribution in [2.75, 3.05) is 13.2 Å². The van der Waals surface area contributed by atoms with E-state index in [1.54, 1.807) is 0 Å². The molecular formula is C42H70O7. The summed E-state index contributed by atoms with van der Waals surface area (Å²) >= 11 is 0. The highest BCUT2D eigenvalue weighted by atomic mass is 16.6. The standard InChI is InChI=1S/C42H70O7/c1-6-8-19-26-39-34(4)35(5)40(49-39)27-21-16-13-14-17-22-28-41(44)46-32-37(31-43)48-42(45)29-23-18-12-10-9-11-15-20-25-38-33(3)30-36(47-38)24-7-2/h30,37,43H,6-29,31-32H2,1-5H3/t37-/m0/s1. The maximum absolute atomic E-state index is 12.2. The molecule has 0 spiro atoms. The fourth-order valence-electron chi connectivity index (χ4n) is 6.45. The number of esters is 2. The largest absolute Gasteiger partial charge is 0.466 e. The van der Waals surface area contributed by atoms with Crippen LogP contribution in [-0.2, 0) is 44.7 Å². The second-order valence-electron chi connectivity index (χ2n) is 14.2. The number of furan rings is 2. The molecule has 7 heteroatoms. The zero-order valence-electron chi connectivity index (χ0n) is 31.9. The molecule has 1 atom stereocenters. The van der Waals surface area contributed by atoms with Crippen LogP contribution in [0.15, 0.2) is 14.9 Å². The quantitative estimate of drug-likeness (QED) is 0.0645. The second-order valence-corrected chi connectivity index (χ2v) is 14.2. The van der Waals surface area contributed by atoms with Gasteiger partial charge in [-0.3, -0.25) is 9.59 Å². The summed E-state index contributed by atoms with van der Waals surface area (Å²) in [5.74, 6) is 3.96. The lowest BCUT2D eigenvalue weighted by atomic mass is 10.0. The third kappa shape index (κ3) is 18.3. The molecule has 2 aromatic heterocycles. The molecule has 0 fully saturated rings. The van der Waals surface area contributed by atoms with Crippen LogP contribution in [-0.4, -0.2) is 36.4 Å². The Hall–Kier alpha value is -2.54.